The second kappa shape index (κ2) is 9.33. The van der Waals surface area contributed by atoms with Crippen molar-refractivity contribution in [2.24, 2.45) is 17.6 Å². The lowest BCUT2D eigenvalue weighted by atomic mass is 10.0. The van der Waals surface area contributed by atoms with Gasteiger partial charge in [-0.15, -0.1) is 0 Å². The van der Waals surface area contributed by atoms with Crippen LogP contribution >= 0.6 is 0 Å². The zero-order valence-electron chi connectivity index (χ0n) is 13.2. The standard InChI is InChI=1S/C14H27N3O4/c1-8(2)5-10(16-12(18)7-15)13(19)17-11(14(20)21)6-9(3)4/h8-11H,5-7,15H2,1-4H3,(H,16,18)(H,17,19)(H,20,21)/t10-,11-/m1/s1. The molecule has 0 heterocycles. The highest BCUT2D eigenvalue weighted by molar-refractivity contribution is 5.90. The van der Waals surface area contributed by atoms with Crippen LogP contribution in [0.3, 0.4) is 0 Å². The van der Waals surface area contributed by atoms with Gasteiger partial charge in [-0.2, -0.15) is 0 Å². The summed E-state index contributed by atoms with van der Waals surface area (Å²) in [5.74, 6) is -1.70. The van der Waals surface area contributed by atoms with Crippen LogP contribution in [-0.2, 0) is 14.4 Å². The SMILES string of the molecule is CC(C)C[C@@H](NC(=O)[C@@H](CC(C)C)NC(=O)CN)C(=O)O. The van der Waals surface area contributed by atoms with Crippen LogP contribution in [0, 0.1) is 11.8 Å². The van der Waals surface area contributed by atoms with Crippen LogP contribution in [-0.4, -0.2) is 41.5 Å². The van der Waals surface area contributed by atoms with Crippen LogP contribution < -0.4 is 16.4 Å². The van der Waals surface area contributed by atoms with E-state index in [1.807, 2.05) is 27.7 Å². The molecule has 0 unspecified atom stereocenters. The van der Waals surface area contributed by atoms with Crippen molar-refractivity contribution in [2.45, 2.75) is 52.6 Å². The maximum Gasteiger partial charge on any atom is 0.326 e. The highest BCUT2D eigenvalue weighted by atomic mass is 16.4. The summed E-state index contributed by atoms with van der Waals surface area (Å²) in [6.45, 7) is 7.37. The fourth-order valence-corrected chi connectivity index (χ4v) is 1.92. The number of hydrogen-bond acceptors (Lipinski definition) is 4. The van der Waals surface area contributed by atoms with Crippen molar-refractivity contribution >= 4 is 17.8 Å². The van der Waals surface area contributed by atoms with Gasteiger partial charge in [0, 0.05) is 0 Å². The van der Waals surface area contributed by atoms with Gasteiger partial charge in [-0.1, -0.05) is 27.7 Å². The normalized spacial score (nSPS) is 13.9. The number of rotatable bonds is 9. The van der Waals surface area contributed by atoms with Crippen LogP contribution in [0.15, 0.2) is 0 Å². The van der Waals surface area contributed by atoms with Crippen molar-refractivity contribution in [3.63, 3.8) is 0 Å². The number of amides is 2. The van der Waals surface area contributed by atoms with Crippen molar-refractivity contribution in [3.05, 3.63) is 0 Å². The molecule has 0 bridgehead atoms. The fraction of sp³-hybridized carbons (Fsp3) is 0.786. The average Bonchev–Trinajstić information content (AvgIpc) is 2.35. The number of carboxylic acid groups (broad SMARTS) is 1. The molecule has 0 rings (SSSR count). The zero-order valence-corrected chi connectivity index (χ0v) is 13.2. The van der Waals surface area contributed by atoms with Gasteiger partial charge >= 0.3 is 5.97 Å². The number of carbonyl (C=O) groups is 3. The third-order valence-electron chi connectivity index (χ3n) is 2.87. The summed E-state index contributed by atoms with van der Waals surface area (Å²) in [4.78, 5) is 34.7. The Morgan fingerprint density at radius 2 is 1.43 bits per heavy atom. The summed E-state index contributed by atoms with van der Waals surface area (Å²) in [6, 6.07) is -1.72. The van der Waals surface area contributed by atoms with Crippen LogP contribution in [0.25, 0.3) is 0 Å². The molecule has 0 saturated carbocycles. The van der Waals surface area contributed by atoms with E-state index in [1.165, 1.54) is 0 Å². The molecule has 0 aliphatic heterocycles. The smallest absolute Gasteiger partial charge is 0.326 e. The second-order valence-electron chi connectivity index (χ2n) is 5.98. The number of aliphatic carboxylic acids is 1. The molecule has 2 amide bonds. The molecule has 0 fully saturated rings. The lowest BCUT2D eigenvalue weighted by Gasteiger charge is -2.23. The van der Waals surface area contributed by atoms with Gasteiger partial charge in [0.2, 0.25) is 11.8 Å². The Kier molecular flexibility index (Phi) is 8.61. The van der Waals surface area contributed by atoms with Crippen molar-refractivity contribution in [3.8, 4) is 0 Å². The lowest BCUT2D eigenvalue weighted by molar-refractivity contribution is -0.142. The van der Waals surface area contributed by atoms with Gasteiger partial charge in [-0.05, 0) is 24.7 Å². The van der Waals surface area contributed by atoms with E-state index in [1.54, 1.807) is 0 Å². The molecule has 0 aliphatic rings. The molecular formula is C14H27N3O4. The summed E-state index contributed by atoms with van der Waals surface area (Å²) in [5, 5.41) is 14.2. The Balaban J connectivity index is 4.83. The fourth-order valence-electron chi connectivity index (χ4n) is 1.92. The number of nitrogens with one attached hydrogen (secondary N) is 2. The minimum Gasteiger partial charge on any atom is -0.480 e. The zero-order chi connectivity index (χ0) is 16.6. The third-order valence-corrected chi connectivity index (χ3v) is 2.87. The van der Waals surface area contributed by atoms with Crippen molar-refractivity contribution in [2.75, 3.05) is 6.54 Å². The van der Waals surface area contributed by atoms with Crippen molar-refractivity contribution < 1.29 is 19.5 Å². The van der Waals surface area contributed by atoms with Crippen molar-refractivity contribution in [1.29, 1.82) is 0 Å². The molecule has 0 spiro atoms. The first kappa shape index (κ1) is 19.4. The van der Waals surface area contributed by atoms with Crippen LogP contribution in [0.5, 0.6) is 0 Å². The molecule has 122 valence electrons. The van der Waals surface area contributed by atoms with Gasteiger partial charge in [0.05, 0.1) is 6.54 Å². The number of nitrogens with two attached hydrogens (primary N) is 1. The van der Waals surface area contributed by atoms with Gasteiger partial charge < -0.3 is 21.5 Å². The highest BCUT2D eigenvalue weighted by Crippen LogP contribution is 2.08. The minimum absolute atomic E-state index is 0.133. The van der Waals surface area contributed by atoms with E-state index in [9.17, 15) is 14.4 Å². The first-order chi connectivity index (χ1) is 9.67. The monoisotopic (exact) mass is 301 g/mol. The number of carbonyl (C=O) groups excluding carboxylic acids is 2. The molecule has 0 aromatic carbocycles. The topological polar surface area (TPSA) is 122 Å². The van der Waals surface area contributed by atoms with E-state index in [-0.39, 0.29) is 18.4 Å². The summed E-state index contributed by atoms with van der Waals surface area (Å²) < 4.78 is 0. The van der Waals surface area contributed by atoms with Crippen LogP contribution in [0.4, 0.5) is 0 Å². The molecule has 0 aliphatic carbocycles. The number of carboxylic acids is 1. The summed E-state index contributed by atoms with van der Waals surface area (Å²) >= 11 is 0. The Labute approximate surface area is 125 Å². The van der Waals surface area contributed by atoms with Gasteiger partial charge in [0.15, 0.2) is 0 Å². The number of hydrogen-bond donors (Lipinski definition) is 4. The molecule has 0 radical (unpaired) electrons. The predicted molar refractivity (Wildman–Crippen MR) is 79.5 cm³/mol. The maximum atomic E-state index is 12.2. The minimum atomic E-state index is -1.08. The Morgan fingerprint density at radius 1 is 0.952 bits per heavy atom. The van der Waals surface area contributed by atoms with Gasteiger partial charge in [0.1, 0.15) is 12.1 Å². The van der Waals surface area contributed by atoms with Crippen LogP contribution in [0.1, 0.15) is 40.5 Å². The van der Waals surface area contributed by atoms with E-state index < -0.39 is 29.9 Å². The molecule has 0 saturated heterocycles. The molecule has 7 nitrogen and oxygen atoms in total. The molecule has 0 aromatic rings. The summed E-state index contributed by atoms with van der Waals surface area (Å²) in [6.07, 6.45) is 0.756. The lowest BCUT2D eigenvalue weighted by Crippen LogP contribution is -2.53. The second-order valence-corrected chi connectivity index (χ2v) is 5.98. The molecular weight excluding hydrogens is 274 g/mol. The van der Waals surface area contributed by atoms with Gasteiger partial charge in [-0.3, -0.25) is 9.59 Å². The van der Waals surface area contributed by atoms with Gasteiger partial charge in [-0.25, -0.2) is 4.79 Å². The largest absolute Gasteiger partial charge is 0.480 e. The molecule has 0 aromatic heterocycles. The summed E-state index contributed by atoms with van der Waals surface area (Å²) in [7, 11) is 0. The highest BCUT2D eigenvalue weighted by Gasteiger charge is 2.27. The molecule has 21 heavy (non-hydrogen) atoms. The first-order valence-electron chi connectivity index (χ1n) is 7.19. The van der Waals surface area contributed by atoms with E-state index >= 15 is 0 Å². The van der Waals surface area contributed by atoms with E-state index in [0.29, 0.717) is 12.8 Å². The predicted octanol–water partition coefficient (Wildman–Crippen LogP) is 0.0915. The van der Waals surface area contributed by atoms with Crippen LogP contribution in [0.2, 0.25) is 0 Å². The average molecular weight is 301 g/mol. The summed E-state index contributed by atoms with van der Waals surface area (Å²) in [5.41, 5.74) is 5.23. The third kappa shape index (κ3) is 8.29. The Hall–Kier alpha value is -1.63. The van der Waals surface area contributed by atoms with E-state index in [2.05, 4.69) is 10.6 Å². The molecule has 7 heteroatoms. The first-order valence-corrected chi connectivity index (χ1v) is 7.19. The Morgan fingerprint density at radius 3 is 1.81 bits per heavy atom. The van der Waals surface area contributed by atoms with Gasteiger partial charge in [0.25, 0.3) is 0 Å². The van der Waals surface area contributed by atoms with E-state index in [0.717, 1.165) is 0 Å². The Bertz CT molecular complexity index is 369. The van der Waals surface area contributed by atoms with Crippen molar-refractivity contribution in [1.82, 2.24) is 10.6 Å². The molecule has 2 atom stereocenters. The maximum absolute atomic E-state index is 12.2. The quantitative estimate of drug-likeness (QED) is 0.481. The van der Waals surface area contributed by atoms with E-state index in [4.69, 9.17) is 10.8 Å². The molecule has 5 N–H and O–H groups in total.